The lowest BCUT2D eigenvalue weighted by Crippen LogP contribution is -2.22. The van der Waals surface area contributed by atoms with E-state index in [1.165, 1.54) is 12.1 Å². The normalized spacial score (nSPS) is 22.2. The van der Waals surface area contributed by atoms with Gasteiger partial charge in [0.05, 0.1) is 11.6 Å². The van der Waals surface area contributed by atoms with Gasteiger partial charge in [0.25, 0.3) is 0 Å². The van der Waals surface area contributed by atoms with Gasteiger partial charge in [-0.15, -0.1) is 0 Å². The number of amides is 1. The molecule has 1 aliphatic rings. The molecule has 0 saturated heterocycles. The van der Waals surface area contributed by atoms with Crippen LogP contribution < -0.4 is 5.32 Å². The van der Waals surface area contributed by atoms with Gasteiger partial charge in [-0.25, -0.2) is 4.39 Å². The number of carbonyl (C=O) groups excluding carboxylic acids is 1. The third-order valence-corrected chi connectivity index (χ3v) is 3.83. The highest BCUT2D eigenvalue weighted by molar-refractivity contribution is 9.10. The van der Waals surface area contributed by atoms with Gasteiger partial charge in [0, 0.05) is 10.4 Å². The van der Waals surface area contributed by atoms with Gasteiger partial charge in [-0.3, -0.25) is 9.59 Å². The van der Waals surface area contributed by atoms with Gasteiger partial charge >= 0.3 is 5.97 Å². The van der Waals surface area contributed by atoms with Crippen molar-refractivity contribution >= 4 is 33.5 Å². The first-order valence-corrected chi connectivity index (χ1v) is 6.75. The molecule has 1 aliphatic carbocycles. The largest absolute Gasteiger partial charge is 0.481 e. The fourth-order valence-electron chi connectivity index (χ4n) is 2.27. The standard InChI is InChI=1S/C13H13BrFNO3/c14-9-3-4-10(15)11(6-9)16-12(17)7-1-2-8(5-7)13(18)19/h3-4,6-8H,1-2,5H2,(H,16,17)(H,18,19)/t7-,8+/m1/s1. The Morgan fingerprint density at radius 1 is 1.32 bits per heavy atom. The second kappa shape index (κ2) is 5.69. The monoisotopic (exact) mass is 329 g/mol. The highest BCUT2D eigenvalue weighted by atomic mass is 79.9. The third-order valence-electron chi connectivity index (χ3n) is 3.34. The molecule has 1 fully saturated rings. The van der Waals surface area contributed by atoms with Crippen LogP contribution in [-0.2, 0) is 9.59 Å². The highest BCUT2D eigenvalue weighted by Crippen LogP contribution is 2.32. The van der Waals surface area contributed by atoms with Gasteiger partial charge in [-0.2, -0.15) is 0 Å². The first kappa shape index (κ1) is 14.0. The molecule has 1 aromatic carbocycles. The van der Waals surface area contributed by atoms with Crippen molar-refractivity contribution in [1.29, 1.82) is 0 Å². The number of hydrogen-bond donors (Lipinski definition) is 2. The molecule has 0 radical (unpaired) electrons. The van der Waals surface area contributed by atoms with Gasteiger partial charge < -0.3 is 10.4 Å². The Kier molecular flexibility index (Phi) is 4.19. The number of aliphatic carboxylic acids is 1. The summed E-state index contributed by atoms with van der Waals surface area (Å²) in [4.78, 5) is 22.8. The van der Waals surface area contributed by atoms with Gasteiger partial charge in [-0.1, -0.05) is 15.9 Å². The first-order chi connectivity index (χ1) is 8.97. The molecule has 2 rings (SSSR count). The number of rotatable bonds is 3. The Bertz CT molecular complexity index is 521. The summed E-state index contributed by atoms with van der Waals surface area (Å²) in [5, 5.41) is 11.4. The van der Waals surface area contributed by atoms with E-state index in [-0.39, 0.29) is 17.5 Å². The molecule has 2 N–H and O–H groups in total. The maximum absolute atomic E-state index is 13.5. The summed E-state index contributed by atoms with van der Waals surface area (Å²) in [5.74, 6) is -2.53. The van der Waals surface area contributed by atoms with E-state index in [9.17, 15) is 14.0 Å². The molecule has 0 spiro atoms. The van der Waals surface area contributed by atoms with E-state index in [0.717, 1.165) is 0 Å². The molecule has 6 heteroatoms. The SMILES string of the molecule is O=C(O)[C@H]1CC[C@@H](C(=O)Nc2cc(Br)ccc2F)C1. The van der Waals surface area contributed by atoms with Crippen molar-refractivity contribution in [3.63, 3.8) is 0 Å². The van der Waals surface area contributed by atoms with Crippen molar-refractivity contribution < 1.29 is 19.1 Å². The Hall–Kier alpha value is -1.43. The van der Waals surface area contributed by atoms with Crippen LogP contribution in [0.25, 0.3) is 0 Å². The molecule has 0 aliphatic heterocycles. The molecular formula is C13H13BrFNO3. The Balaban J connectivity index is 2.02. The maximum Gasteiger partial charge on any atom is 0.306 e. The zero-order valence-corrected chi connectivity index (χ0v) is 11.6. The number of carboxylic acid groups (broad SMARTS) is 1. The van der Waals surface area contributed by atoms with E-state index < -0.39 is 17.7 Å². The average Bonchev–Trinajstić information content (AvgIpc) is 2.83. The van der Waals surface area contributed by atoms with Crippen molar-refractivity contribution in [1.82, 2.24) is 0 Å². The second-order valence-electron chi connectivity index (χ2n) is 4.66. The minimum atomic E-state index is -0.871. The van der Waals surface area contributed by atoms with E-state index in [2.05, 4.69) is 21.2 Å². The molecule has 0 bridgehead atoms. The summed E-state index contributed by atoms with van der Waals surface area (Å²) in [7, 11) is 0. The number of nitrogens with one attached hydrogen (secondary N) is 1. The van der Waals surface area contributed by atoms with Crippen LogP contribution >= 0.6 is 15.9 Å². The predicted molar refractivity (Wildman–Crippen MR) is 71.2 cm³/mol. The lowest BCUT2D eigenvalue weighted by Gasteiger charge is -2.11. The van der Waals surface area contributed by atoms with Crippen LogP contribution in [0.4, 0.5) is 10.1 Å². The second-order valence-corrected chi connectivity index (χ2v) is 5.57. The van der Waals surface area contributed by atoms with E-state index >= 15 is 0 Å². The maximum atomic E-state index is 13.5. The van der Waals surface area contributed by atoms with Crippen LogP contribution in [0.1, 0.15) is 19.3 Å². The van der Waals surface area contributed by atoms with Crippen LogP contribution in [0.2, 0.25) is 0 Å². The lowest BCUT2D eigenvalue weighted by molar-refractivity contribution is -0.141. The molecule has 19 heavy (non-hydrogen) atoms. The van der Waals surface area contributed by atoms with Crippen molar-refractivity contribution in [2.24, 2.45) is 11.8 Å². The first-order valence-electron chi connectivity index (χ1n) is 5.96. The molecule has 0 heterocycles. The van der Waals surface area contributed by atoms with E-state index in [1.54, 1.807) is 6.07 Å². The summed E-state index contributed by atoms with van der Waals surface area (Å²) in [5.41, 5.74) is 0.109. The van der Waals surface area contributed by atoms with Crippen molar-refractivity contribution in [3.05, 3.63) is 28.5 Å². The molecule has 0 aromatic heterocycles. The highest BCUT2D eigenvalue weighted by Gasteiger charge is 2.34. The predicted octanol–water partition coefficient (Wildman–Crippen LogP) is 3.03. The number of anilines is 1. The summed E-state index contributed by atoms with van der Waals surface area (Å²) in [6.07, 6.45) is 1.34. The number of hydrogen-bond acceptors (Lipinski definition) is 2. The van der Waals surface area contributed by atoms with Crippen LogP contribution in [0.15, 0.2) is 22.7 Å². The summed E-state index contributed by atoms with van der Waals surface area (Å²) >= 11 is 3.20. The summed E-state index contributed by atoms with van der Waals surface area (Å²) in [6.45, 7) is 0. The molecule has 102 valence electrons. The van der Waals surface area contributed by atoms with E-state index in [0.29, 0.717) is 23.7 Å². The van der Waals surface area contributed by atoms with Gasteiger partial charge in [0.15, 0.2) is 0 Å². The fraction of sp³-hybridized carbons (Fsp3) is 0.385. The summed E-state index contributed by atoms with van der Waals surface area (Å²) in [6, 6.07) is 4.28. The van der Waals surface area contributed by atoms with Crippen LogP contribution in [0, 0.1) is 17.7 Å². The minimum absolute atomic E-state index is 0.109. The van der Waals surface area contributed by atoms with Gasteiger partial charge in [0.2, 0.25) is 5.91 Å². The van der Waals surface area contributed by atoms with E-state index in [1.807, 2.05) is 0 Å². The Morgan fingerprint density at radius 3 is 2.63 bits per heavy atom. The van der Waals surface area contributed by atoms with Crippen molar-refractivity contribution in [3.8, 4) is 0 Å². The van der Waals surface area contributed by atoms with Crippen molar-refractivity contribution in [2.75, 3.05) is 5.32 Å². The summed E-state index contributed by atoms with van der Waals surface area (Å²) < 4.78 is 14.2. The van der Waals surface area contributed by atoms with Crippen LogP contribution in [0.5, 0.6) is 0 Å². The van der Waals surface area contributed by atoms with Crippen LogP contribution in [-0.4, -0.2) is 17.0 Å². The lowest BCUT2D eigenvalue weighted by atomic mass is 10.0. The van der Waals surface area contributed by atoms with Crippen LogP contribution in [0.3, 0.4) is 0 Å². The number of carbonyl (C=O) groups is 2. The third kappa shape index (κ3) is 3.32. The van der Waals surface area contributed by atoms with E-state index in [4.69, 9.17) is 5.11 Å². The number of benzene rings is 1. The van der Waals surface area contributed by atoms with Gasteiger partial charge in [0.1, 0.15) is 5.82 Å². The zero-order chi connectivity index (χ0) is 14.0. The smallest absolute Gasteiger partial charge is 0.306 e. The average molecular weight is 330 g/mol. The number of halogens is 2. The Morgan fingerprint density at radius 2 is 2.00 bits per heavy atom. The molecule has 1 saturated carbocycles. The molecular weight excluding hydrogens is 317 g/mol. The number of carboxylic acids is 1. The minimum Gasteiger partial charge on any atom is -0.481 e. The quantitative estimate of drug-likeness (QED) is 0.895. The fourth-order valence-corrected chi connectivity index (χ4v) is 2.63. The van der Waals surface area contributed by atoms with Crippen molar-refractivity contribution in [2.45, 2.75) is 19.3 Å². The zero-order valence-electron chi connectivity index (χ0n) is 10.0. The molecule has 1 amide bonds. The molecule has 1 aromatic rings. The molecule has 0 unspecified atom stereocenters. The van der Waals surface area contributed by atoms with Gasteiger partial charge in [-0.05, 0) is 37.5 Å². The Labute approximate surface area is 118 Å². The topological polar surface area (TPSA) is 66.4 Å². The molecule has 4 nitrogen and oxygen atoms in total. The molecule has 2 atom stereocenters.